The predicted octanol–water partition coefficient (Wildman–Crippen LogP) is 1.20. The summed E-state index contributed by atoms with van der Waals surface area (Å²) in [4.78, 5) is 10.6. The number of carbonyl (C=O) groups is 1. The predicted molar refractivity (Wildman–Crippen MR) is 57.8 cm³/mol. The molecule has 2 unspecified atom stereocenters. The molecule has 0 aromatic heterocycles. The molecule has 0 aromatic carbocycles. The number of hydrogen-bond donors (Lipinski definition) is 2. The summed E-state index contributed by atoms with van der Waals surface area (Å²) in [6.07, 6.45) is 8.53. The molecule has 0 heterocycles. The molecular formula is C11H20N2O. The van der Waals surface area contributed by atoms with Crippen LogP contribution in [0.1, 0.15) is 32.6 Å². The summed E-state index contributed by atoms with van der Waals surface area (Å²) >= 11 is 0. The molecule has 0 spiro atoms. The zero-order valence-corrected chi connectivity index (χ0v) is 8.83. The summed E-state index contributed by atoms with van der Waals surface area (Å²) in [6, 6.07) is 0.207. The monoisotopic (exact) mass is 196 g/mol. The van der Waals surface area contributed by atoms with Crippen LogP contribution in [0.3, 0.4) is 0 Å². The lowest BCUT2D eigenvalue weighted by molar-refractivity contribution is -0.118. The van der Waals surface area contributed by atoms with E-state index in [-0.39, 0.29) is 11.9 Å². The lowest BCUT2D eigenvalue weighted by Gasteiger charge is -2.20. The second kappa shape index (κ2) is 5.81. The molecule has 0 fully saturated rings. The van der Waals surface area contributed by atoms with Crippen molar-refractivity contribution in [2.24, 2.45) is 11.7 Å². The first kappa shape index (κ1) is 11.2. The van der Waals surface area contributed by atoms with Gasteiger partial charge in [0.05, 0.1) is 0 Å². The molecule has 3 nitrogen and oxygen atoms in total. The van der Waals surface area contributed by atoms with Crippen molar-refractivity contribution < 1.29 is 4.79 Å². The van der Waals surface area contributed by atoms with E-state index in [1.54, 1.807) is 0 Å². The molecule has 3 heteroatoms. The van der Waals surface area contributed by atoms with Gasteiger partial charge in [-0.2, -0.15) is 0 Å². The normalized spacial score (nSPS) is 23.4. The third-order valence-electron chi connectivity index (χ3n) is 2.64. The number of nitrogens with two attached hydrogens (primary N) is 1. The average Bonchev–Trinajstić information content (AvgIpc) is 2.15. The van der Waals surface area contributed by atoms with Crippen molar-refractivity contribution in [3.8, 4) is 0 Å². The van der Waals surface area contributed by atoms with E-state index < -0.39 is 0 Å². The Hall–Kier alpha value is -0.830. The Kier molecular flexibility index (Phi) is 4.66. The lowest BCUT2D eigenvalue weighted by Crippen LogP contribution is -2.34. The fourth-order valence-electron chi connectivity index (χ4n) is 1.78. The van der Waals surface area contributed by atoms with E-state index in [2.05, 4.69) is 17.5 Å². The third kappa shape index (κ3) is 4.42. The van der Waals surface area contributed by atoms with Gasteiger partial charge in [-0.05, 0) is 38.6 Å². The smallest absolute Gasteiger partial charge is 0.218 e. The molecular weight excluding hydrogens is 176 g/mol. The standard InChI is InChI=1S/C11H20N2O/c1-9(7-11(12)14)13-8-10-5-3-2-4-6-10/h2-3,9-10,13H,4-8H2,1H3,(H2,12,14). The minimum atomic E-state index is -0.228. The van der Waals surface area contributed by atoms with Crippen molar-refractivity contribution in [1.82, 2.24) is 5.32 Å². The molecule has 0 radical (unpaired) electrons. The minimum Gasteiger partial charge on any atom is -0.370 e. The molecule has 14 heavy (non-hydrogen) atoms. The molecule has 0 saturated heterocycles. The van der Waals surface area contributed by atoms with E-state index in [9.17, 15) is 4.79 Å². The highest BCUT2D eigenvalue weighted by Gasteiger charge is 2.11. The highest BCUT2D eigenvalue weighted by molar-refractivity contribution is 5.74. The first-order valence-corrected chi connectivity index (χ1v) is 5.35. The molecule has 1 aliphatic carbocycles. The highest BCUT2D eigenvalue weighted by Crippen LogP contribution is 2.17. The number of hydrogen-bond acceptors (Lipinski definition) is 2. The van der Waals surface area contributed by atoms with Gasteiger partial charge in [0.15, 0.2) is 0 Å². The molecule has 1 rings (SSSR count). The molecule has 3 N–H and O–H groups in total. The van der Waals surface area contributed by atoms with Gasteiger partial charge < -0.3 is 11.1 Å². The van der Waals surface area contributed by atoms with Crippen molar-refractivity contribution in [2.75, 3.05) is 6.54 Å². The molecule has 0 aliphatic heterocycles. The highest BCUT2D eigenvalue weighted by atomic mass is 16.1. The Morgan fingerprint density at radius 3 is 3.00 bits per heavy atom. The molecule has 1 amide bonds. The molecule has 1 aliphatic rings. The van der Waals surface area contributed by atoms with Gasteiger partial charge in [-0.15, -0.1) is 0 Å². The van der Waals surface area contributed by atoms with Crippen LogP contribution in [0.15, 0.2) is 12.2 Å². The maximum atomic E-state index is 10.6. The Bertz CT molecular complexity index is 213. The third-order valence-corrected chi connectivity index (χ3v) is 2.64. The second-order valence-electron chi connectivity index (χ2n) is 4.13. The number of rotatable bonds is 5. The Morgan fingerprint density at radius 2 is 2.43 bits per heavy atom. The van der Waals surface area contributed by atoms with Crippen LogP contribution in [-0.4, -0.2) is 18.5 Å². The van der Waals surface area contributed by atoms with Crippen LogP contribution in [0.5, 0.6) is 0 Å². The minimum absolute atomic E-state index is 0.207. The van der Waals surface area contributed by atoms with E-state index in [1.165, 1.54) is 12.8 Å². The van der Waals surface area contributed by atoms with E-state index in [4.69, 9.17) is 5.73 Å². The first-order chi connectivity index (χ1) is 6.68. The molecule has 0 bridgehead atoms. The Morgan fingerprint density at radius 1 is 1.64 bits per heavy atom. The van der Waals surface area contributed by atoms with Crippen molar-refractivity contribution in [3.05, 3.63) is 12.2 Å². The summed E-state index contributed by atoms with van der Waals surface area (Å²) in [5.74, 6) is 0.504. The van der Waals surface area contributed by atoms with E-state index >= 15 is 0 Å². The summed E-state index contributed by atoms with van der Waals surface area (Å²) < 4.78 is 0. The summed E-state index contributed by atoms with van der Waals surface area (Å²) in [5, 5.41) is 3.35. The van der Waals surface area contributed by atoms with Crippen LogP contribution in [0, 0.1) is 5.92 Å². The summed E-state index contributed by atoms with van der Waals surface area (Å²) in [5.41, 5.74) is 5.11. The summed E-state index contributed by atoms with van der Waals surface area (Å²) in [6.45, 7) is 3.00. The van der Waals surface area contributed by atoms with Gasteiger partial charge in [-0.3, -0.25) is 4.79 Å². The van der Waals surface area contributed by atoms with Crippen LogP contribution in [0.25, 0.3) is 0 Å². The fourth-order valence-corrected chi connectivity index (χ4v) is 1.78. The van der Waals surface area contributed by atoms with Gasteiger partial charge in [0, 0.05) is 12.5 Å². The number of carbonyl (C=O) groups excluding carboxylic acids is 1. The van der Waals surface area contributed by atoms with Crippen molar-refractivity contribution >= 4 is 5.91 Å². The Balaban J connectivity index is 2.13. The lowest BCUT2D eigenvalue weighted by atomic mass is 9.94. The molecule has 0 saturated carbocycles. The van der Waals surface area contributed by atoms with Crippen molar-refractivity contribution in [3.63, 3.8) is 0 Å². The van der Waals surface area contributed by atoms with Crippen molar-refractivity contribution in [2.45, 2.75) is 38.6 Å². The number of allylic oxidation sites excluding steroid dienone is 2. The average molecular weight is 196 g/mol. The maximum absolute atomic E-state index is 10.6. The maximum Gasteiger partial charge on any atom is 0.218 e. The quantitative estimate of drug-likeness (QED) is 0.649. The number of primary amides is 1. The SMILES string of the molecule is CC(CC(N)=O)NCC1CC=CCC1. The van der Waals surface area contributed by atoms with Crippen LogP contribution < -0.4 is 11.1 Å². The van der Waals surface area contributed by atoms with Gasteiger partial charge in [-0.1, -0.05) is 12.2 Å². The van der Waals surface area contributed by atoms with Crippen LogP contribution in [0.2, 0.25) is 0 Å². The van der Waals surface area contributed by atoms with Gasteiger partial charge in [0.1, 0.15) is 0 Å². The fraction of sp³-hybridized carbons (Fsp3) is 0.727. The van der Waals surface area contributed by atoms with Gasteiger partial charge in [0.2, 0.25) is 5.91 Å². The first-order valence-electron chi connectivity index (χ1n) is 5.35. The largest absolute Gasteiger partial charge is 0.370 e. The van der Waals surface area contributed by atoms with Crippen LogP contribution in [-0.2, 0) is 4.79 Å². The molecule has 80 valence electrons. The number of amides is 1. The number of nitrogens with one attached hydrogen (secondary N) is 1. The van der Waals surface area contributed by atoms with Gasteiger partial charge in [-0.25, -0.2) is 0 Å². The molecule has 0 aromatic rings. The summed E-state index contributed by atoms with van der Waals surface area (Å²) in [7, 11) is 0. The second-order valence-corrected chi connectivity index (χ2v) is 4.13. The zero-order chi connectivity index (χ0) is 10.4. The van der Waals surface area contributed by atoms with Crippen LogP contribution >= 0.6 is 0 Å². The van der Waals surface area contributed by atoms with Crippen LogP contribution in [0.4, 0.5) is 0 Å². The van der Waals surface area contributed by atoms with Gasteiger partial charge in [0.25, 0.3) is 0 Å². The van der Waals surface area contributed by atoms with Crippen molar-refractivity contribution in [1.29, 1.82) is 0 Å². The topological polar surface area (TPSA) is 55.1 Å². The van der Waals surface area contributed by atoms with E-state index in [1.807, 2.05) is 6.92 Å². The molecule has 2 atom stereocenters. The Labute approximate surface area is 85.7 Å². The van der Waals surface area contributed by atoms with E-state index in [0.29, 0.717) is 6.42 Å². The zero-order valence-electron chi connectivity index (χ0n) is 8.83. The van der Waals surface area contributed by atoms with E-state index in [0.717, 1.165) is 18.9 Å². The van der Waals surface area contributed by atoms with Gasteiger partial charge >= 0.3 is 0 Å².